The molecule has 0 aromatic carbocycles. The summed E-state index contributed by atoms with van der Waals surface area (Å²) in [5.74, 6) is -0.174. The first-order chi connectivity index (χ1) is 10.9. The topological polar surface area (TPSA) is 46.5 Å². The summed E-state index contributed by atoms with van der Waals surface area (Å²) >= 11 is 0. The van der Waals surface area contributed by atoms with Gasteiger partial charge in [0, 0.05) is 12.0 Å². The second-order valence-corrected chi connectivity index (χ2v) is 6.40. The minimum Gasteiger partial charge on any atom is -0.454 e. The Kier molecular flexibility index (Phi) is 8.64. The molecule has 1 heterocycles. The number of ether oxygens (including phenoxy) is 1. The summed E-state index contributed by atoms with van der Waals surface area (Å²) in [5.41, 5.74) is 4.36. The summed E-state index contributed by atoms with van der Waals surface area (Å²) in [6, 6.07) is 0. The largest absolute Gasteiger partial charge is 0.454 e. The van der Waals surface area contributed by atoms with Gasteiger partial charge in [0.2, 0.25) is 0 Å². The Morgan fingerprint density at radius 1 is 1.22 bits per heavy atom. The lowest BCUT2D eigenvalue weighted by Gasteiger charge is -2.23. The van der Waals surface area contributed by atoms with Crippen LogP contribution in [-0.4, -0.2) is 23.8 Å². The quantitative estimate of drug-likeness (QED) is 0.524. The molecule has 0 aromatic heterocycles. The molecule has 0 aromatic rings. The van der Waals surface area contributed by atoms with E-state index in [2.05, 4.69) is 26.0 Å². The zero-order valence-corrected chi connectivity index (χ0v) is 14.9. The molecule has 0 saturated heterocycles. The lowest BCUT2D eigenvalue weighted by atomic mass is 9.99. The summed E-state index contributed by atoms with van der Waals surface area (Å²) < 4.78 is 5.57. The van der Waals surface area contributed by atoms with Gasteiger partial charge in [0.25, 0.3) is 0 Å². The van der Waals surface area contributed by atoms with E-state index in [0.717, 1.165) is 43.3 Å². The zero-order valence-electron chi connectivity index (χ0n) is 14.9. The van der Waals surface area contributed by atoms with Crippen molar-refractivity contribution in [3.8, 4) is 0 Å². The van der Waals surface area contributed by atoms with E-state index < -0.39 is 0 Å². The van der Waals surface area contributed by atoms with E-state index >= 15 is 0 Å². The molecule has 0 bridgehead atoms. The first kappa shape index (κ1) is 19.4. The van der Waals surface area contributed by atoms with Crippen molar-refractivity contribution in [3.63, 3.8) is 0 Å². The second kappa shape index (κ2) is 10.2. The van der Waals surface area contributed by atoms with Gasteiger partial charge in [-0.25, -0.2) is 4.79 Å². The van der Waals surface area contributed by atoms with Crippen LogP contribution < -0.4 is 0 Å². The summed E-state index contributed by atoms with van der Waals surface area (Å²) in [6.07, 6.45) is 12.2. The lowest BCUT2D eigenvalue weighted by molar-refractivity contribution is -0.143. The van der Waals surface area contributed by atoms with Crippen molar-refractivity contribution in [2.75, 3.05) is 6.61 Å². The molecule has 0 amide bonds. The van der Waals surface area contributed by atoms with Crippen molar-refractivity contribution in [3.05, 3.63) is 46.6 Å². The van der Waals surface area contributed by atoms with Gasteiger partial charge in [0.05, 0.1) is 6.61 Å². The Bertz CT molecular complexity index is 517. The third-order valence-electron chi connectivity index (χ3n) is 4.01. The average Bonchev–Trinajstić information content (AvgIpc) is 2.48. The molecule has 1 rings (SSSR count). The minimum absolute atomic E-state index is 0.0923. The second-order valence-electron chi connectivity index (χ2n) is 6.40. The number of carbonyl (C=O) groups excluding carboxylic acids is 1. The fraction of sp³-hybridized carbons (Fsp3) is 0.550. The molecule has 0 unspecified atom stereocenters. The number of aliphatic hydroxyl groups excluding tert-OH is 1. The molecule has 0 radical (unpaired) electrons. The van der Waals surface area contributed by atoms with Crippen LogP contribution in [0, 0.1) is 0 Å². The van der Waals surface area contributed by atoms with Gasteiger partial charge < -0.3 is 9.84 Å². The molecule has 1 N–H and O–H groups in total. The smallest absolute Gasteiger partial charge is 0.334 e. The Morgan fingerprint density at radius 2 is 1.96 bits per heavy atom. The van der Waals surface area contributed by atoms with E-state index in [-0.39, 0.29) is 18.7 Å². The Morgan fingerprint density at radius 3 is 2.57 bits per heavy atom. The van der Waals surface area contributed by atoms with Crippen LogP contribution in [0.1, 0.15) is 59.8 Å². The van der Waals surface area contributed by atoms with E-state index in [1.807, 2.05) is 26.0 Å². The highest BCUT2D eigenvalue weighted by atomic mass is 16.5. The van der Waals surface area contributed by atoms with Gasteiger partial charge in [0.1, 0.15) is 6.10 Å². The number of esters is 1. The highest BCUT2D eigenvalue weighted by Crippen LogP contribution is 2.23. The summed E-state index contributed by atoms with van der Waals surface area (Å²) in [4.78, 5) is 12.1. The van der Waals surface area contributed by atoms with E-state index in [9.17, 15) is 4.79 Å². The highest BCUT2D eigenvalue weighted by molar-refractivity contribution is 5.89. The number of hydrogen-bond donors (Lipinski definition) is 1. The van der Waals surface area contributed by atoms with Crippen molar-refractivity contribution in [1.82, 2.24) is 0 Å². The van der Waals surface area contributed by atoms with Crippen molar-refractivity contribution in [1.29, 1.82) is 0 Å². The predicted molar refractivity (Wildman–Crippen MR) is 95.1 cm³/mol. The standard InChI is InChI=1S/C20H30O3/c1-15(2)7-5-10-18-11-12-19(23-20(18)22)17(4)9-6-8-16(3)13-14-21/h7,9,11,13,19,21H,5-6,8,10,12,14H2,1-4H3/b16-13-,17-9+/t19-/m1/s1. The molecular weight excluding hydrogens is 288 g/mol. The fourth-order valence-corrected chi connectivity index (χ4v) is 2.50. The summed E-state index contributed by atoms with van der Waals surface area (Å²) in [7, 11) is 0. The van der Waals surface area contributed by atoms with Crippen LogP contribution in [0.15, 0.2) is 46.6 Å². The normalized spacial score (nSPS) is 19.3. The number of carbonyl (C=O) groups is 1. The van der Waals surface area contributed by atoms with E-state index in [0.29, 0.717) is 0 Å². The first-order valence-corrected chi connectivity index (χ1v) is 8.40. The average molecular weight is 318 g/mol. The maximum atomic E-state index is 12.1. The molecule has 23 heavy (non-hydrogen) atoms. The minimum atomic E-state index is -0.174. The molecule has 128 valence electrons. The highest BCUT2D eigenvalue weighted by Gasteiger charge is 2.23. The zero-order chi connectivity index (χ0) is 17.2. The van der Waals surface area contributed by atoms with E-state index in [1.165, 1.54) is 11.1 Å². The molecular formula is C20H30O3. The van der Waals surface area contributed by atoms with Gasteiger partial charge >= 0.3 is 5.97 Å². The number of cyclic esters (lactones) is 1. The van der Waals surface area contributed by atoms with E-state index in [1.54, 1.807) is 0 Å². The molecule has 3 heteroatoms. The molecule has 0 saturated carbocycles. The third-order valence-corrected chi connectivity index (χ3v) is 4.01. The van der Waals surface area contributed by atoms with Crippen LogP contribution in [0.3, 0.4) is 0 Å². The third kappa shape index (κ3) is 7.47. The van der Waals surface area contributed by atoms with Crippen LogP contribution in [-0.2, 0) is 9.53 Å². The Balaban J connectivity index is 2.51. The Labute approximate surface area is 140 Å². The number of aliphatic hydroxyl groups is 1. The molecule has 0 spiro atoms. The molecule has 0 fully saturated rings. The summed E-state index contributed by atoms with van der Waals surface area (Å²) in [5, 5.41) is 8.84. The lowest BCUT2D eigenvalue weighted by Crippen LogP contribution is -2.24. The van der Waals surface area contributed by atoms with Crippen LogP contribution in [0.4, 0.5) is 0 Å². The SMILES string of the molecule is CC(C)=CCCC1=CC[C@H](/C(C)=C/CC/C(C)=C\CO)OC1=O. The summed E-state index contributed by atoms with van der Waals surface area (Å²) in [6.45, 7) is 8.26. The maximum absolute atomic E-state index is 12.1. The van der Waals surface area contributed by atoms with Gasteiger partial charge in [-0.3, -0.25) is 0 Å². The van der Waals surface area contributed by atoms with Crippen LogP contribution in [0.2, 0.25) is 0 Å². The molecule has 1 aliphatic rings. The van der Waals surface area contributed by atoms with Gasteiger partial charge in [-0.1, -0.05) is 35.5 Å². The molecule has 1 atom stereocenters. The monoisotopic (exact) mass is 318 g/mol. The maximum Gasteiger partial charge on any atom is 0.334 e. The fourth-order valence-electron chi connectivity index (χ4n) is 2.50. The van der Waals surface area contributed by atoms with Crippen LogP contribution in [0.25, 0.3) is 0 Å². The molecule has 1 aliphatic heterocycles. The number of hydrogen-bond acceptors (Lipinski definition) is 3. The van der Waals surface area contributed by atoms with E-state index in [4.69, 9.17) is 9.84 Å². The van der Waals surface area contributed by atoms with Crippen LogP contribution >= 0.6 is 0 Å². The van der Waals surface area contributed by atoms with Gasteiger partial charge in [-0.05, 0) is 59.0 Å². The molecule has 0 aliphatic carbocycles. The molecule has 3 nitrogen and oxygen atoms in total. The van der Waals surface area contributed by atoms with Crippen molar-refractivity contribution >= 4 is 5.97 Å². The van der Waals surface area contributed by atoms with Crippen molar-refractivity contribution in [2.45, 2.75) is 65.9 Å². The van der Waals surface area contributed by atoms with Crippen molar-refractivity contribution < 1.29 is 14.6 Å². The van der Waals surface area contributed by atoms with Crippen molar-refractivity contribution in [2.24, 2.45) is 0 Å². The Hall–Kier alpha value is -1.61. The van der Waals surface area contributed by atoms with Crippen LogP contribution in [0.5, 0.6) is 0 Å². The van der Waals surface area contributed by atoms with Gasteiger partial charge in [0.15, 0.2) is 0 Å². The first-order valence-electron chi connectivity index (χ1n) is 8.40. The number of rotatable bonds is 8. The number of allylic oxidation sites excluding steroid dienone is 4. The predicted octanol–water partition coefficient (Wildman–Crippen LogP) is 4.64. The van der Waals surface area contributed by atoms with Gasteiger partial charge in [-0.2, -0.15) is 0 Å². The van der Waals surface area contributed by atoms with Gasteiger partial charge in [-0.15, -0.1) is 0 Å².